The SMILES string of the molecule is N#Cc1cc(N)ccc1C1=CCOCC1. The molecule has 76 valence electrons. The predicted octanol–water partition coefficient (Wildman–Crippen LogP) is 1.94. The number of hydrogen-bond acceptors (Lipinski definition) is 3. The van der Waals surface area contributed by atoms with Crippen molar-refractivity contribution in [2.75, 3.05) is 18.9 Å². The van der Waals surface area contributed by atoms with Gasteiger partial charge in [0.2, 0.25) is 0 Å². The Hall–Kier alpha value is -1.79. The van der Waals surface area contributed by atoms with Gasteiger partial charge in [0.05, 0.1) is 24.8 Å². The van der Waals surface area contributed by atoms with Crippen LogP contribution in [0, 0.1) is 11.3 Å². The largest absolute Gasteiger partial charge is 0.399 e. The van der Waals surface area contributed by atoms with Gasteiger partial charge in [-0.25, -0.2) is 0 Å². The Bertz CT molecular complexity index is 443. The molecule has 3 nitrogen and oxygen atoms in total. The fourth-order valence-electron chi connectivity index (χ4n) is 1.71. The van der Waals surface area contributed by atoms with Gasteiger partial charge in [-0.15, -0.1) is 0 Å². The Kier molecular flexibility index (Phi) is 2.70. The van der Waals surface area contributed by atoms with Crippen molar-refractivity contribution in [2.24, 2.45) is 0 Å². The van der Waals surface area contributed by atoms with Crippen LogP contribution in [-0.2, 0) is 4.74 Å². The van der Waals surface area contributed by atoms with Gasteiger partial charge in [0.15, 0.2) is 0 Å². The highest BCUT2D eigenvalue weighted by Crippen LogP contribution is 2.25. The molecule has 0 aliphatic carbocycles. The predicted molar refractivity (Wildman–Crippen MR) is 59.0 cm³/mol. The van der Waals surface area contributed by atoms with E-state index in [1.807, 2.05) is 18.2 Å². The molecule has 15 heavy (non-hydrogen) atoms. The van der Waals surface area contributed by atoms with Crippen LogP contribution in [0.2, 0.25) is 0 Å². The first-order valence-corrected chi connectivity index (χ1v) is 4.88. The third-order valence-electron chi connectivity index (χ3n) is 2.47. The zero-order valence-electron chi connectivity index (χ0n) is 8.36. The standard InChI is InChI=1S/C12H12N2O/c13-8-10-7-11(14)1-2-12(10)9-3-5-15-6-4-9/h1-3,7H,4-6,14H2. The van der Waals surface area contributed by atoms with E-state index in [0.717, 1.165) is 18.6 Å². The lowest BCUT2D eigenvalue weighted by molar-refractivity contribution is 0.161. The number of nitrogens with zero attached hydrogens (tertiary/aromatic N) is 1. The molecule has 1 heterocycles. The van der Waals surface area contributed by atoms with Gasteiger partial charge in [0, 0.05) is 5.69 Å². The van der Waals surface area contributed by atoms with Gasteiger partial charge in [0.1, 0.15) is 0 Å². The first kappa shape index (κ1) is 9.75. The van der Waals surface area contributed by atoms with Crippen molar-refractivity contribution in [3.05, 3.63) is 35.4 Å². The van der Waals surface area contributed by atoms with Crippen LogP contribution in [0.4, 0.5) is 5.69 Å². The summed E-state index contributed by atoms with van der Waals surface area (Å²) in [6.45, 7) is 1.35. The maximum absolute atomic E-state index is 9.01. The van der Waals surface area contributed by atoms with Gasteiger partial charge >= 0.3 is 0 Å². The van der Waals surface area contributed by atoms with Crippen LogP contribution >= 0.6 is 0 Å². The molecule has 0 saturated heterocycles. The van der Waals surface area contributed by atoms with Crippen molar-refractivity contribution in [1.82, 2.24) is 0 Å². The molecule has 3 heteroatoms. The van der Waals surface area contributed by atoms with Crippen molar-refractivity contribution in [2.45, 2.75) is 6.42 Å². The molecule has 1 aliphatic heterocycles. The summed E-state index contributed by atoms with van der Waals surface area (Å²) in [7, 11) is 0. The Balaban J connectivity index is 2.43. The Morgan fingerprint density at radius 2 is 2.27 bits per heavy atom. The van der Waals surface area contributed by atoms with Gasteiger partial charge < -0.3 is 10.5 Å². The van der Waals surface area contributed by atoms with Crippen molar-refractivity contribution >= 4 is 11.3 Å². The summed E-state index contributed by atoms with van der Waals surface area (Å²) in [6.07, 6.45) is 2.88. The minimum Gasteiger partial charge on any atom is -0.399 e. The summed E-state index contributed by atoms with van der Waals surface area (Å²) in [4.78, 5) is 0. The van der Waals surface area contributed by atoms with Gasteiger partial charge in [-0.2, -0.15) is 5.26 Å². The van der Waals surface area contributed by atoms with E-state index in [1.165, 1.54) is 5.57 Å². The van der Waals surface area contributed by atoms with Crippen LogP contribution in [0.1, 0.15) is 17.5 Å². The van der Waals surface area contributed by atoms with E-state index >= 15 is 0 Å². The van der Waals surface area contributed by atoms with E-state index in [-0.39, 0.29) is 0 Å². The molecule has 0 atom stereocenters. The van der Waals surface area contributed by atoms with Gasteiger partial charge in [-0.3, -0.25) is 0 Å². The van der Waals surface area contributed by atoms with Gasteiger partial charge in [-0.05, 0) is 29.7 Å². The molecule has 0 saturated carbocycles. The number of benzene rings is 1. The van der Waals surface area contributed by atoms with Crippen molar-refractivity contribution in [3.63, 3.8) is 0 Å². The van der Waals surface area contributed by atoms with E-state index in [2.05, 4.69) is 6.07 Å². The summed E-state index contributed by atoms with van der Waals surface area (Å²) < 4.78 is 5.23. The minimum absolute atomic E-state index is 0.628. The van der Waals surface area contributed by atoms with Crippen LogP contribution in [0.15, 0.2) is 24.3 Å². The van der Waals surface area contributed by atoms with E-state index in [1.54, 1.807) is 6.07 Å². The van der Waals surface area contributed by atoms with E-state index < -0.39 is 0 Å². The number of anilines is 1. The fourth-order valence-corrected chi connectivity index (χ4v) is 1.71. The van der Waals surface area contributed by atoms with Crippen LogP contribution in [-0.4, -0.2) is 13.2 Å². The summed E-state index contributed by atoms with van der Waals surface area (Å²) in [5, 5.41) is 9.01. The van der Waals surface area contributed by atoms with Crippen LogP contribution < -0.4 is 5.73 Å². The lowest BCUT2D eigenvalue weighted by atomic mass is 9.96. The smallest absolute Gasteiger partial charge is 0.0998 e. The number of nitrogen functional groups attached to an aromatic ring is 1. The molecule has 1 aromatic rings. The number of nitriles is 1. The minimum atomic E-state index is 0.628. The monoisotopic (exact) mass is 200 g/mol. The number of hydrogen-bond donors (Lipinski definition) is 1. The number of ether oxygens (including phenoxy) is 1. The average Bonchev–Trinajstić information content (AvgIpc) is 2.30. The summed E-state index contributed by atoms with van der Waals surface area (Å²) in [5.74, 6) is 0. The summed E-state index contributed by atoms with van der Waals surface area (Å²) in [5.41, 5.74) is 9.07. The topological polar surface area (TPSA) is 59.0 Å². The average molecular weight is 200 g/mol. The zero-order valence-corrected chi connectivity index (χ0v) is 8.36. The molecule has 2 rings (SSSR count). The lowest BCUT2D eigenvalue weighted by Gasteiger charge is -2.14. The van der Waals surface area contributed by atoms with Crippen LogP contribution in [0.25, 0.3) is 5.57 Å². The molecule has 2 N–H and O–H groups in total. The molecule has 0 radical (unpaired) electrons. The normalized spacial score (nSPS) is 15.5. The van der Waals surface area contributed by atoms with Crippen molar-refractivity contribution < 1.29 is 4.74 Å². The molecular weight excluding hydrogens is 188 g/mol. The van der Waals surface area contributed by atoms with E-state index in [4.69, 9.17) is 15.7 Å². The lowest BCUT2D eigenvalue weighted by Crippen LogP contribution is -2.05. The van der Waals surface area contributed by atoms with Gasteiger partial charge in [-0.1, -0.05) is 12.1 Å². The zero-order chi connectivity index (χ0) is 10.7. The maximum Gasteiger partial charge on any atom is 0.0998 e. The second-order valence-corrected chi connectivity index (χ2v) is 3.47. The number of rotatable bonds is 1. The van der Waals surface area contributed by atoms with Crippen LogP contribution in [0.3, 0.4) is 0 Å². The summed E-state index contributed by atoms with van der Waals surface area (Å²) in [6, 6.07) is 7.62. The van der Waals surface area contributed by atoms with E-state index in [9.17, 15) is 0 Å². The third kappa shape index (κ3) is 2.00. The summed E-state index contributed by atoms with van der Waals surface area (Å²) >= 11 is 0. The first-order chi connectivity index (χ1) is 7.31. The van der Waals surface area contributed by atoms with Crippen LogP contribution in [0.5, 0.6) is 0 Å². The molecular formula is C12H12N2O. The molecule has 0 aromatic heterocycles. The molecule has 0 spiro atoms. The second-order valence-electron chi connectivity index (χ2n) is 3.47. The van der Waals surface area contributed by atoms with Crippen molar-refractivity contribution in [1.29, 1.82) is 5.26 Å². The molecule has 0 bridgehead atoms. The maximum atomic E-state index is 9.01. The molecule has 1 aliphatic rings. The Morgan fingerprint density at radius 3 is 2.93 bits per heavy atom. The highest BCUT2D eigenvalue weighted by molar-refractivity contribution is 5.72. The highest BCUT2D eigenvalue weighted by Gasteiger charge is 2.10. The Morgan fingerprint density at radius 1 is 1.40 bits per heavy atom. The Labute approximate surface area is 88.8 Å². The van der Waals surface area contributed by atoms with Gasteiger partial charge in [0.25, 0.3) is 0 Å². The fraction of sp³-hybridized carbons (Fsp3) is 0.250. The molecule has 0 unspecified atom stereocenters. The quantitative estimate of drug-likeness (QED) is 0.705. The third-order valence-corrected chi connectivity index (χ3v) is 2.47. The number of nitrogens with two attached hydrogens (primary N) is 1. The highest BCUT2D eigenvalue weighted by atomic mass is 16.5. The molecule has 0 amide bonds. The molecule has 0 fully saturated rings. The second kappa shape index (κ2) is 4.16. The van der Waals surface area contributed by atoms with Crippen molar-refractivity contribution in [3.8, 4) is 6.07 Å². The molecule has 1 aromatic carbocycles. The first-order valence-electron chi connectivity index (χ1n) is 4.88. The van der Waals surface area contributed by atoms with E-state index in [0.29, 0.717) is 17.9 Å².